The van der Waals surface area contributed by atoms with Crippen molar-refractivity contribution in [2.75, 3.05) is 0 Å². The van der Waals surface area contributed by atoms with E-state index in [0.717, 1.165) is 25.7 Å². The molecule has 0 unspecified atom stereocenters. The Morgan fingerprint density at radius 3 is 2.68 bits per heavy atom. The normalized spacial score (nSPS) is 14.6. The van der Waals surface area contributed by atoms with Crippen LogP contribution in [0.5, 0.6) is 0 Å². The highest BCUT2D eigenvalue weighted by molar-refractivity contribution is 7.98. The molecule has 3 aromatic rings. The average molecular weight is 399 g/mol. The van der Waals surface area contributed by atoms with Crippen LogP contribution < -0.4 is 5.56 Å². The number of nitro groups is 1. The van der Waals surface area contributed by atoms with E-state index in [1.807, 2.05) is 6.07 Å². The lowest BCUT2D eigenvalue weighted by Gasteiger charge is -2.18. The van der Waals surface area contributed by atoms with Gasteiger partial charge in [0.1, 0.15) is 5.82 Å². The van der Waals surface area contributed by atoms with Crippen molar-refractivity contribution in [2.45, 2.75) is 42.6 Å². The lowest BCUT2D eigenvalue weighted by atomic mass is 10.2. The van der Waals surface area contributed by atoms with Crippen LogP contribution >= 0.6 is 11.8 Å². The van der Waals surface area contributed by atoms with Gasteiger partial charge < -0.3 is 0 Å². The molecule has 1 aliphatic carbocycles. The number of para-hydroxylation sites is 1. The number of fused-ring (bicyclic) bond motifs is 1. The summed E-state index contributed by atoms with van der Waals surface area (Å²) in [5.74, 6) is -0.599. The van der Waals surface area contributed by atoms with E-state index in [9.17, 15) is 19.3 Å². The molecule has 0 bridgehead atoms. The molecule has 1 saturated carbocycles. The number of nitro benzene ring substituents is 1. The summed E-state index contributed by atoms with van der Waals surface area (Å²) in [6, 6.07) is 11.0. The third-order valence-corrected chi connectivity index (χ3v) is 6.08. The van der Waals surface area contributed by atoms with Gasteiger partial charge in [0.05, 0.1) is 21.4 Å². The van der Waals surface area contributed by atoms with E-state index in [2.05, 4.69) is 4.98 Å². The Balaban J connectivity index is 1.78. The van der Waals surface area contributed by atoms with E-state index in [1.165, 1.54) is 30.0 Å². The maximum Gasteiger partial charge on any atom is 0.276 e. The molecule has 0 amide bonds. The average Bonchev–Trinajstić information content (AvgIpc) is 3.21. The van der Waals surface area contributed by atoms with Gasteiger partial charge in [-0.05, 0) is 31.0 Å². The molecule has 1 aliphatic rings. The molecule has 1 heterocycles. The van der Waals surface area contributed by atoms with Crippen molar-refractivity contribution in [2.24, 2.45) is 0 Å². The minimum absolute atomic E-state index is 0.0119. The zero-order chi connectivity index (χ0) is 19.7. The van der Waals surface area contributed by atoms with Gasteiger partial charge in [-0.3, -0.25) is 19.5 Å². The minimum atomic E-state index is -0.628. The van der Waals surface area contributed by atoms with Gasteiger partial charge >= 0.3 is 0 Å². The van der Waals surface area contributed by atoms with E-state index >= 15 is 0 Å². The molecule has 0 saturated heterocycles. The van der Waals surface area contributed by atoms with Crippen LogP contribution in [0.3, 0.4) is 0 Å². The molecule has 1 aromatic heterocycles. The van der Waals surface area contributed by atoms with Gasteiger partial charge in [0, 0.05) is 17.9 Å². The molecule has 28 heavy (non-hydrogen) atoms. The topological polar surface area (TPSA) is 78.0 Å². The fraction of sp³-hybridized carbons (Fsp3) is 0.300. The van der Waals surface area contributed by atoms with Gasteiger partial charge in [0.15, 0.2) is 5.16 Å². The van der Waals surface area contributed by atoms with Crippen molar-refractivity contribution in [3.63, 3.8) is 0 Å². The van der Waals surface area contributed by atoms with Gasteiger partial charge in [0.2, 0.25) is 0 Å². The number of hydrogen-bond donors (Lipinski definition) is 0. The van der Waals surface area contributed by atoms with E-state index in [-0.39, 0.29) is 28.6 Å². The zero-order valence-corrected chi connectivity index (χ0v) is 15.8. The molecule has 4 rings (SSSR count). The third kappa shape index (κ3) is 3.40. The first-order chi connectivity index (χ1) is 13.6. The summed E-state index contributed by atoms with van der Waals surface area (Å²) in [4.78, 5) is 28.4. The van der Waals surface area contributed by atoms with E-state index in [4.69, 9.17) is 0 Å². The number of hydrogen-bond acceptors (Lipinski definition) is 5. The smallest absolute Gasteiger partial charge is 0.276 e. The lowest BCUT2D eigenvalue weighted by molar-refractivity contribution is -0.385. The van der Waals surface area contributed by atoms with Gasteiger partial charge in [-0.15, -0.1) is 0 Å². The summed E-state index contributed by atoms with van der Waals surface area (Å²) < 4.78 is 15.9. The Labute approximate surface area is 164 Å². The lowest BCUT2D eigenvalue weighted by Crippen LogP contribution is -2.26. The predicted molar refractivity (Wildman–Crippen MR) is 106 cm³/mol. The highest BCUT2D eigenvalue weighted by atomic mass is 32.2. The first kappa shape index (κ1) is 18.6. The van der Waals surface area contributed by atoms with Crippen molar-refractivity contribution in [1.29, 1.82) is 0 Å². The molecular weight excluding hydrogens is 381 g/mol. The third-order valence-electron chi connectivity index (χ3n) is 5.10. The number of thioether (sulfide) groups is 1. The van der Waals surface area contributed by atoms with Crippen molar-refractivity contribution in [1.82, 2.24) is 9.55 Å². The summed E-state index contributed by atoms with van der Waals surface area (Å²) in [7, 11) is 0. The highest BCUT2D eigenvalue weighted by Crippen LogP contribution is 2.34. The molecule has 0 radical (unpaired) electrons. The van der Waals surface area contributed by atoms with Crippen LogP contribution in [0.1, 0.15) is 37.3 Å². The molecule has 0 N–H and O–H groups in total. The molecule has 2 aromatic carbocycles. The highest BCUT2D eigenvalue weighted by Gasteiger charge is 2.24. The van der Waals surface area contributed by atoms with Crippen LogP contribution in [-0.4, -0.2) is 14.5 Å². The van der Waals surface area contributed by atoms with Gasteiger partial charge in [-0.1, -0.05) is 42.8 Å². The number of aromatic nitrogens is 2. The second-order valence-electron chi connectivity index (χ2n) is 6.81. The van der Waals surface area contributed by atoms with Crippen molar-refractivity contribution >= 4 is 28.4 Å². The molecular formula is C20H18FN3O3S. The Kier molecular flexibility index (Phi) is 5.13. The van der Waals surface area contributed by atoms with Crippen molar-refractivity contribution < 1.29 is 9.31 Å². The van der Waals surface area contributed by atoms with Crippen molar-refractivity contribution in [3.8, 4) is 0 Å². The molecule has 0 aliphatic heterocycles. The van der Waals surface area contributed by atoms with Gasteiger partial charge in [-0.25, -0.2) is 9.37 Å². The van der Waals surface area contributed by atoms with Crippen LogP contribution in [0.25, 0.3) is 10.9 Å². The summed E-state index contributed by atoms with van der Waals surface area (Å²) in [6.07, 6.45) is 3.89. The maximum absolute atomic E-state index is 14.2. The first-order valence-electron chi connectivity index (χ1n) is 9.12. The van der Waals surface area contributed by atoms with E-state index in [0.29, 0.717) is 16.1 Å². The quantitative estimate of drug-likeness (QED) is 0.265. The monoisotopic (exact) mass is 399 g/mol. The number of halogens is 1. The van der Waals surface area contributed by atoms with Gasteiger partial charge in [-0.2, -0.15) is 0 Å². The SMILES string of the molecule is O=c1c2ccccc2nc(SCc2c(F)cccc2[N+](=O)[O-])n1C1CCCC1. The number of benzene rings is 2. The predicted octanol–water partition coefficient (Wildman–Crippen LogP) is 4.85. The van der Waals surface area contributed by atoms with E-state index in [1.54, 1.807) is 22.8 Å². The summed E-state index contributed by atoms with van der Waals surface area (Å²) in [5.41, 5.74) is 0.219. The maximum atomic E-state index is 14.2. The number of nitrogens with zero attached hydrogens (tertiary/aromatic N) is 3. The molecule has 144 valence electrons. The Hall–Kier alpha value is -2.74. The standard InChI is InChI=1S/C20H18FN3O3S/c21-16-9-5-11-18(24(26)27)15(16)12-28-20-22-17-10-4-3-8-14(17)19(25)23(20)13-6-1-2-7-13/h3-5,8-11,13H,1-2,6-7,12H2. The molecule has 6 nitrogen and oxygen atoms in total. The molecule has 0 atom stereocenters. The van der Waals surface area contributed by atoms with Crippen LogP contribution in [0.15, 0.2) is 52.4 Å². The van der Waals surface area contributed by atoms with Crippen molar-refractivity contribution in [3.05, 3.63) is 74.3 Å². The Bertz CT molecular complexity index is 1110. The largest absolute Gasteiger partial charge is 0.284 e. The van der Waals surface area contributed by atoms with Crippen LogP contribution in [0.4, 0.5) is 10.1 Å². The second kappa shape index (κ2) is 7.71. The number of rotatable bonds is 5. The molecule has 8 heteroatoms. The fourth-order valence-electron chi connectivity index (χ4n) is 3.71. The van der Waals surface area contributed by atoms with Crippen LogP contribution in [0.2, 0.25) is 0 Å². The van der Waals surface area contributed by atoms with Crippen LogP contribution in [-0.2, 0) is 5.75 Å². The Morgan fingerprint density at radius 2 is 1.93 bits per heavy atom. The fourth-order valence-corrected chi connectivity index (χ4v) is 4.80. The zero-order valence-electron chi connectivity index (χ0n) is 15.0. The summed E-state index contributed by atoms with van der Waals surface area (Å²) in [6.45, 7) is 0. The Morgan fingerprint density at radius 1 is 1.18 bits per heavy atom. The summed E-state index contributed by atoms with van der Waals surface area (Å²) >= 11 is 1.17. The second-order valence-corrected chi connectivity index (χ2v) is 7.75. The van der Waals surface area contributed by atoms with E-state index < -0.39 is 10.7 Å². The first-order valence-corrected chi connectivity index (χ1v) is 10.1. The summed E-state index contributed by atoms with van der Waals surface area (Å²) in [5, 5.41) is 12.3. The minimum Gasteiger partial charge on any atom is -0.284 e. The molecule has 0 spiro atoms. The van der Waals surface area contributed by atoms with Gasteiger partial charge in [0.25, 0.3) is 11.2 Å². The molecule has 1 fully saturated rings. The van der Waals surface area contributed by atoms with Crippen LogP contribution in [0, 0.1) is 15.9 Å².